The van der Waals surface area contributed by atoms with Crippen LogP contribution in [0.1, 0.15) is 12.0 Å². The van der Waals surface area contributed by atoms with Crippen LogP contribution >= 0.6 is 0 Å². The van der Waals surface area contributed by atoms with E-state index < -0.39 is 0 Å². The van der Waals surface area contributed by atoms with Crippen LogP contribution in [0.3, 0.4) is 0 Å². The molecule has 0 unspecified atom stereocenters. The summed E-state index contributed by atoms with van der Waals surface area (Å²) in [6, 6.07) is 8.32. The van der Waals surface area contributed by atoms with Crippen LogP contribution in [0.4, 0.5) is 0 Å². The predicted octanol–water partition coefficient (Wildman–Crippen LogP) is 1.31. The van der Waals surface area contributed by atoms with Crippen molar-refractivity contribution in [1.82, 2.24) is 0 Å². The van der Waals surface area contributed by atoms with Gasteiger partial charge in [0.15, 0.2) is 0 Å². The van der Waals surface area contributed by atoms with E-state index in [4.69, 9.17) is 0 Å². The van der Waals surface area contributed by atoms with E-state index in [-0.39, 0.29) is 5.97 Å². The second kappa shape index (κ2) is 5.84. The number of benzene rings is 1. The monoisotopic (exact) mass is 258 g/mol. The summed E-state index contributed by atoms with van der Waals surface area (Å²) in [4.78, 5) is 10.9. The topological polar surface area (TPSA) is 26.3 Å². The third-order valence-electron chi connectivity index (χ3n) is 1.89. The van der Waals surface area contributed by atoms with Gasteiger partial charge in [0.05, 0.1) is 0 Å². The van der Waals surface area contributed by atoms with Gasteiger partial charge in [-0.3, -0.25) is 0 Å². The quantitative estimate of drug-likeness (QED) is 0.600. The molecular weight excluding hydrogens is 243 g/mol. The molecule has 0 N–H and O–H groups in total. The fourth-order valence-corrected chi connectivity index (χ4v) is 3.08. The first kappa shape index (κ1) is 11.3. The number of aryl methyl sites for hydroxylation is 1. The minimum atomic E-state index is -0.111. The Morgan fingerprint density at radius 3 is 2.79 bits per heavy atom. The van der Waals surface area contributed by atoms with E-state index in [2.05, 4.69) is 23.8 Å². The molecule has 0 spiro atoms. The zero-order valence-electron chi connectivity index (χ0n) is 8.45. The first-order valence-corrected chi connectivity index (χ1v) is 6.56. The van der Waals surface area contributed by atoms with Crippen molar-refractivity contribution in [2.45, 2.75) is 18.7 Å². The fourth-order valence-electron chi connectivity index (χ4n) is 1.06. The molecule has 0 amide bonds. The summed E-state index contributed by atoms with van der Waals surface area (Å²) in [5.41, 5.74) is 1.32. The van der Waals surface area contributed by atoms with Crippen LogP contribution in [0.15, 0.2) is 24.3 Å². The molecule has 3 heteroatoms. The molecule has 76 valence electrons. The molecule has 1 aromatic rings. The van der Waals surface area contributed by atoms with Gasteiger partial charge in [-0.05, 0) is 0 Å². The second-order valence-corrected chi connectivity index (χ2v) is 5.33. The Morgan fingerprint density at radius 1 is 1.43 bits per heavy atom. The van der Waals surface area contributed by atoms with Gasteiger partial charge >= 0.3 is 90.5 Å². The Balaban J connectivity index is 2.39. The summed E-state index contributed by atoms with van der Waals surface area (Å²) in [5, 5.41) is 0.921. The van der Waals surface area contributed by atoms with Gasteiger partial charge in [0.2, 0.25) is 0 Å². The molecule has 1 rings (SSSR count). The average molecular weight is 257 g/mol. The molecule has 0 aliphatic rings. The van der Waals surface area contributed by atoms with E-state index in [1.165, 1.54) is 17.1 Å². The first-order chi connectivity index (χ1) is 6.74. The average Bonchev–Trinajstić information content (AvgIpc) is 2.20. The number of ether oxygens (including phenoxy) is 1. The van der Waals surface area contributed by atoms with Crippen LogP contribution in [0.25, 0.3) is 0 Å². The van der Waals surface area contributed by atoms with Gasteiger partial charge < -0.3 is 0 Å². The number of carbonyl (C=O) groups excluding carboxylic acids is 1. The van der Waals surface area contributed by atoms with Crippen molar-refractivity contribution < 1.29 is 9.53 Å². The molecule has 14 heavy (non-hydrogen) atoms. The summed E-state index contributed by atoms with van der Waals surface area (Å²) >= 11 is 0.388. The summed E-state index contributed by atoms with van der Waals surface area (Å²) in [5.74, 6) is -0.111. The van der Waals surface area contributed by atoms with E-state index in [1.807, 2.05) is 12.1 Å². The van der Waals surface area contributed by atoms with E-state index in [1.54, 1.807) is 0 Å². The fraction of sp³-hybridized carbons (Fsp3) is 0.364. The number of methoxy groups -OCH3 is 1. The molecule has 0 saturated heterocycles. The van der Waals surface area contributed by atoms with Crippen LogP contribution in [0, 0.1) is 6.92 Å². The Morgan fingerprint density at radius 2 is 2.14 bits per heavy atom. The van der Waals surface area contributed by atoms with Crippen LogP contribution in [-0.4, -0.2) is 28.0 Å². The summed E-state index contributed by atoms with van der Waals surface area (Å²) in [7, 11) is 1.43. The second-order valence-electron chi connectivity index (χ2n) is 2.94. The van der Waals surface area contributed by atoms with Gasteiger partial charge in [-0.2, -0.15) is 0 Å². The van der Waals surface area contributed by atoms with Crippen molar-refractivity contribution in [3.63, 3.8) is 0 Å². The third kappa shape index (κ3) is 3.52. The van der Waals surface area contributed by atoms with Crippen LogP contribution in [0.2, 0.25) is 5.32 Å². The van der Waals surface area contributed by atoms with Gasteiger partial charge in [-0.1, -0.05) is 0 Å². The number of rotatable bonds is 4. The van der Waals surface area contributed by atoms with Gasteiger partial charge in [-0.25, -0.2) is 0 Å². The van der Waals surface area contributed by atoms with Crippen LogP contribution in [-0.2, 0) is 9.53 Å². The van der Waals surface area contributed by atoms with Gasteiger partial charge in [0.1, 0.15) is 0 Å². The normalized spacial score (nSPS) is 9.86. The predicted molar refractivity (Wildman–Crippen MR) is 58.0 cm³/mol. The van der Waals surface area contributed by atoms with Crippen molar-refractivity contribution in [3.05, 3.63) is 29.8 Å². The molecule has 0 bridgehead atoms. The van der Waals surface area contributed by atoms with Gasteiger partial charge in [0.25, 0.3) is 0 Å². The molecule has 0 heterocycles. The first-order valence-electron chi connectivity index (χ1n) is 4.49. The molecule has 0 atom stereocenters. The zero-order chi connectivity index (χ0) is 10.4. The zero-order valence-corrected chi connectivity index (χ0v) is 10.2. The molecule has 1 aromatic carbocycles. The van der Waals surface area contributed by atoms with Crippen molar-refractivity contribution in [3.8, 4) is 0 Å². The van der Waals surface area contributed by atoms with E-state index in [0.29, 0.717) is 21.4 Å². The van der Waals surface area contributed by atoms with E-state index >= 15 is 0 Å². The Bertz CT molecular complexity index is 310. The Labute approximate surface area is 90.8 Å². The number of hydrogen-bond acceptors (Lipinski definition) is 2. The van der Waals surface area contributed by atoms with Gasteiger partial charge in [-0.15, -0.1) is 0 Å². The van der Waals surface area contributed by atoms with Crippen molar-refractivity contribution in [2.24, 2.45) is 0 Å². The Kier molecular flexibility index (Phi) is 4.71. The van der Waals surface area contributed by atoms with Gasteiger partial charge in [0, 0.05) is 0 Å². The molecular formula is C11H14O2Se. The summed E-state index contributed by atoms with van der Waals surface area (Å²) in [6.07, 6.45) is 0.533. The standard InChI is InChI=1S/C11H14O2Se/c1-9-5-3-4-6-10(9)14-8-7-11(12)13-2/h3-6H,7-8H2,1-2H3. The van der Waals surface area contributed by atoms with Crippen LogP contribution in [0.5, 0.6) is 0 Å². The Hall–Kier alpha value is -0.791. The van der Waals surface area contributed by atoms with E-state index in [9.17, 15) is 4.79 Å². The molecule has 0 radical (unpaired) electrons. The minimum absolute atomic E-state index is 0.111. The number of esters is 1. The molecule has 0 fully saturated rings. The number of hydrogen-bond donors (Lipinski definition) is 0. The van der Waals surface area contributed by atoms with Crippen LogP contribution < -0.4 is 4.46 Å². The van der Waals surface area contributed by atoms with Crippen molar-refractivity contribution >= 4 is 25.4 Å². The number of carbonyl (C=O) groups is 1. The molecule has 0 aliphatic carbocycles. The molecule has 2 nitrogen and oxygen atoms in total. The van der Waals surface area contributed by atoms with Crippen molar-refractivity contribution in [2.75, 3.05) is 7.11 Å². The SMILES string of the molecule is COC(=O)CC[Se]c1ccccc1C. The maximum absolute atomic E-state index is 10.9. The maximum atomic E-state index is 10.9. The summed E-state index contributed by atoms with van der Waals surface area (Å²) < 4.78 is 5.97. The molecule has 0 aliphatic heterocycles. The summed E-state index contributed by atoms with van der Waals surface area (Å²) in [6.45, 7) is 2.11. The molecule has 0 aromatic heterocycles. The van der Waals surface area contributed by atoms with Crippen molar-refractivity contribution in [1.29, 1.82) is 0 Å². The third-order valence-corrected chi connectivity index (χ3v) is 4.36. The molecule has 0 saturated carbocycles. The van der Waals surface area contributed by atoms with E-state index in [0.717, 1.165) is 5.32 Å².